The number of anilines is 1. The van der Waals surface area contributed by atoms with Crippen LogP contribution in [0.25, 0.3) is 0 Å². The topological polar surface area (TPSA) is 82.5 Å². The highest BCUT2D eigenvalue weighted by atomic mass is 79.9. The van der Waals surface area contributed by atoms with Gasteiger partial charge in [0.2, 0.25) is 5.67 Å². The maximum absolute atomic E-state index is 14.6. The van der Waals surface area contributed by atoms with Crippen LogP contribution in [0.1, 0.15) is 12.8 Å². The van der Waals surface area contributed by atoms with Crippen molar-refractivity contribution in [1.29, 1.82) is 0 Å². The number of nitrogens with one attached hydrogen (secondary N) is 1. The Balaban J connectivity index is 2.07. The first-order chi connectivity index (χ1) is 9.40. The number of piperidine rings is 1. The predicted octanol–water partition coefficient (Wildman–Crippen LogP) is 2.26. The summed E-state index contributed by atoms with van der Waals surface area (Å²) in [7, 11) is 0. The van der Waals surface area contributed by atoms with Gasteiger partial charge in [0.15, 0.2) is 0 Å². The second kappa shape index (κ2) is 5.74. The molecule has 6 nitrogen and oxygen atoms in total. The molecule has 1 fully saturated rings. The lowest BCUT2D eigenvalue weighted by Crippen LogP contribution is -2.53. The van der Waals surface area contributed by atoms with Gasteiger partial charge >= 0.3 is 6.09 Å². The number of nitrogens with zero attached hydrogens (tertiary/aromatic N) is 2. The number of rotatable bonds is 2. The van der Waals surface area contributed by atoms with Crippen molar-refractivity contribution in [3.63, 3.8) is 0 Å². The Hall–Kier alpha value is -1.70. The lowest BCUT2D eigenvalue weighted by molar-refractivity contribution is -0.130. The molecular weight excluding hydrogens is 333 g/mol. The molecule has 0 radical (unpaired) electrons. The van der Waals surface area contributed by atoms with Gasteiger partial charge in [0, 0.05) is 17.2 Å². The number of carbonyl (C=O) groups is 2. The monoisotopic (exact) mass is 345 g/mol. The summed E-state index contributed by atoms with van der Waals surface area (Å²) >= 11 is 3.20. The van der Waals surface area contributed by atoms with E-state index in [2.05, 4.69) is 26.2 Å². The summed E-state index contributed by atoms with van der Waals surface area (Å²) in [5.74, 6) is -0.638. The number of carbonyl (C=O) groups excluding carboxylic acids is 1. The number of alkyl halides is 1. The second-order valence-electron chi connectivity index (χ2n) is 4.59. The van der Waals surface area contributed by atoms with Crippen LogP contribution in [-0.4, -0.2) is 45.7 Å². The van der Waals surface area contributed by atoms with Crippen LogP contribution in [0.3, 0.4) is 0 Å². The van der Waals surface area contributed by atoms with Gasteiger partial charge in [0.1, 0.15) is 5.82 Å². The highest BCUT2D eigenvalue weighted by Crippen LogP contribution is 2.27. The van der Waals surface area contributed by atoms with Gasteiger partial charge in [-0.05, 0) is 40.9 Å². The van der Waals surface area contributed by atoms with Crippen LogP contribution in [0.15, 0.2) is 22.8 Å². The first kappa shape index (κ1) is 14.7. The molecule has 20 heavy (non-hydrogen) atoms. The van der Waals surface area contributed by atoms with Crippen LogP contribution in [0.4, 0.5) is 15.0 Å². The van der Waals surface area contributed by atoms with Gasteiger partial charge in [-0.1, -0.05) is 0 Å². The number of halogens is 2. The van der Waals surface area contributed by atoms with Crippen LogP contribution in [0.2, 0.25) is 0 Å². The van der Waals surface area contributed by atoms with E-state index >= 15 is 0 Å². The van der Waals surface area contributed by atoms with Crippen LogP contribution in [0, 0.1) is 0 Å². The molecule has 1 aromatic heterocycles. The lowest BCUT2D eigenvalue weighted by atomic mass is 9.94. The normalized spacial score (nSPS) is 22.4. The molecule has 0 spiro atoms. The molecule has 2 N–H and O–H groups in total. The fourth-order valence-electron chi connectivity index (χ4n) is 2.04. The summed E-state index contributed by atoms with van der Waals surface area (Å²) in [5.41, 5.74) is -2.22. The highest BCUT2D eigenvalue weighted by Gasteiger charge is 2.44. The fraction of sp³-hybridized carbons (Fsp3) is 0.417. The minimum absolute atomic E-state index is 0.000852. The van der Waals surface area contributed by atoms with Crippen molar-refractivity contribution < 1.29 is 19.1 Å². The summed E-state index contributed by atoms with van der Waals surface area (Å²) < 4.78 is 15.3. The average Bonchev–Trinajstić information content (AvgIpc) is 2.41. The van der Waals surface area contributed by atoms with E-state index in [1.54, 1.807) is 6.07 Å². The van der Waals surface area contributed by atoms with Crippen LogP contribution < -0.4 is 5.32 Å². The molecule has 0 aliphatic carbocycles. The first-order valence-corrected chi connectivity index (χ1v) is 6.80. The standard InChI is InChI=1S/C12H13BrFN3O3/c13-8-2-3-9(15-6-8)16-10(18)12(14)4-1-5-17(7-12)11(19)20/h2-3,6H,1,4-5,7H2,(H,19,20)(H,15,16,18). The van der Waals surface area contributed by atoms with Crippen molar-refractivity contribution in [2.45, 2.75) is 18.5 Å². The number of hydrogen-bond donors (Lipinski definition) is 2. The Bertz CT molecular complexity index is 525. The fourth-order valence-corrected chi connectivity index (χ4v) is 2.27. The molecular formula is C12H13BrFN3O3. The van der Waals surface area contributed by atoms with Gasteiger partial charge < -0.3 is 15.3 Å². The van der Waals surface area contributed by atoms with Crippen LogP contribution >= 0.6 is 15.9 Å². The number of carboxylic acid groups (broad SMARTS) is 1. The molecule has 1 aliphatic rings. The van der Waals surface area contributed by atoms with E-state index < -0.39 is 24.2 Å². The van der Waals surface area contributed by atoms with Gasteiger partial charge in [-0.25, -0.2) is 14.2 Å². The van der Waals surface area contributed by atoms with E-state index in [0.717, 1.165) is 9.37 Å². The highest BCUT2D eigenvalue weighted by molar-refractivity contribution is 9.10. The summed E-state index contributed by atoms with van der Waals surface area (Å²) in [6.07, 6.45) is 0.565. The first-order valence-electron chi connectivity index (χ1n) is 6.00. The zero-order chi connectivity index (χ0) is 14.8. The second-order valence-corrected chi connectivity index (χ2v) is 5.50. The van der Waals surface area contributed by atoms with Gasteiger partial charge in [-0.2, -0.15) is 0 Å². The van der Waals surface area contributed by atoms with Crippen molar-refractivity contribution >= 4 is 33.7 Å². The molecule has 2 rings (SSSR count). The third-order valence-corrected chi connectivity index (χ3v) is 3.56. The van der Waals surface area contributed by atoms with E-state index in [1.807, 2.05) is 0 Å². The van der Waals surface area contributed by atoms with Crippen molar-refractivity contribution in [2.24, 2.45) is 0 Å². The number of amides is 2. The number of pyridine rings is 1. The Morgan fingerprint density at radius 1 is 1.50 bits per heavy atom. The molecule has 2 amide bonds. The van der Waals surface area contributed by atoms with E-state index in [-0.39, 0.29) is 18.8 Å². The molecule has 8 heteroatoms. The molecule has 0 saturated carbocycles. The quantitative estimate of drug-likeness (QED) is 0.861. The molecule has 1 atom stereocenters. The summed E-state index contributed by atoms with van der Waals surface area (Å²) in [5, 5.41) is 11.3. The van der Waals surface area contributed by atoms with E-state index in [0.29, 0.717) is 6.42 Å². The Morgan fingerprint density at radius 3 is 2.85 bits per heavy atom. The van der Waals surface area contributed by atoms with Crippen molar-refractivity contribution in [3.8, 4) is 0 Å². The smallest absolute Gasteiger partial charge is 0.407 e. The lowest BCUT2D eigenvalue weighted by Gasteiger charge is -2.34. The molecule has 0 aromatic carbocycles. The minimum Gasteiger partial charge on any atom is -0.465 e. The van der Waals surface area contributed by atoms with Gasteiger partial charge in [0.25, 0.3) is 5.91 Å². The molecule has 1 unspecified atom stereocenters. The Kier molecular flexibility index (Phi) is 4.22. The van der Waals surface area contributed by atoms with E-state index in [4.69, 9.17) is 5.11 Å². The third-order valence-electron chi connectivity index (χ3n) is 3.09. The maximum Gasteiger partial charge on any atom is 0.407 e. The molecule has 0 bridgehead atoms. The zero-order valence-electron chi connectivity index (χ0n) is 10.5. The summed E-state index contributed by atoms with van der Waals surface area (Å²) in [6.45, 7) is -0.213. The summed E-state index contributed by atoms with van der Waals surface area (Å²) in [4.78, 5) is 27.7. The van der Waals surface area contributed by atoms with Crippen LogP contribution in [-0.2, 0) is 4.79 Å². The number of hydrogen-bond acceptors (Lipinski definition) is 3. The SMILES string of the molecule is O=C(O)N1CCCC(F)(C(=O)Nc2ccc(Br)cn2)C1. The largest absolute Gasteiger partial charge is 0.465 e. The van der Waals surface area contributed by atoms with Crippen molar-refractivity contribution in [3.05, 3.63) is 22.8 Å². The summed E-state index contributed by atoms with van der Waals surface area (Å²) in [6, 6.07) is 3.20. The molecule has 1 aliphatic heterocycles. The van der Waals surface area contributed by atoms with Crippen LogP contribution in [0.5, 0.6) is 0 Å². The number of likely N-dealkylation sites (tertiary alicyclic amines) is 1. The van der Waals surface area contributed by atoms with Gasteiger partial charge in [-0.3, -0.25) is 4.79 Å². The molecule has 108 valence electrons. The van der Waals surface area contributed by atoms with E-state index in [1.165, 1.54) is 12.3 Å². The molecule has 1 aromatic rings. The minimum atomic E-state index is -2.22. The van der Waals surface area contributed by atoms with Gasteiger partial charge in [-0.15, -0.1) is 0 Å². The molecule has 1 saturated heterocycles. The van der Waals surface area contributed by atoms with Crippen molar-refractivity contribution in [2.75, 3.05) is 18.4 Å². The molecule has 2 heterocycles. The third kappa shape index (κ3) is 3.24. The van der Waals surface area contributed by atoms with Gasteiger partial charge in [0.05, 0.1) is 6.54 Å². The zero-order valence-corrected chi connectivity index (χ0v) is 12.1. The Morgan fingerprint density at radius 2 is 2.25 bits per heavy atom. The van der Waals surface area contributed by atoms with E-state index in [9.17, 15) is 14.0 Å². The average molecular weight is 346 g/mol. The number of aromatic nitrogens is 1. The van der Waals surface area contributed by atoms with Crippen molar-refractivity contribution in [1.82, 2.24) is 9.88 Å². The Labute approximate surface area is 123 Å². The maximum atomic E-state index is 14.6. The predicted molar refractivity (Wildman–Crippen MR) is 73.2 cm³/mol.